The second-order valence-electron chi connectivity index (χ2n) is 3.51. The van der Waals surface area contributed by atoms with Crippen LogP contribution >= 0.6 is 0 Å². The first kappa shape index (κ1) is 7.74. The molecule has 1 aromatic carbocycles. The summed E-state index contributed by atoms with van der Waals surface area (Å²) in [6.07, 6.45) is 1.05. The van der Waals surface area contributed by atoms with Crippen molar-refractivity contribution in [1.82, 2.24) is 0 Å². The molecule has 0 bridgehead atoms. The molecule has 64 valence electrons. The van der Waals surface area contributed by atoms with Crippen molar-refractivity contribution in [2.24, 2.45) is 5.73 Å². The van der Waals surface area contributed by atoms with Crippen molar-refractivity contribution in [1.29, 1.82) is 0 Å². The van der Waals surface area contributed by atoms with E-state index in [1.54, 1.807) is 6.07 Å². The van der Waals surface area contributed by atoms with Gasteiger partial charge in [0.05, 0.1) is 0 Å². The molecule has 1 saturated carbocycles. The molecule has 1 aromatic rings. The lowest BCUT2D eigenvalue weighted by Crippen LogP contribution is -2.02. The number of benzene rings is 1. The zero-order chi connectivity index (χ0) is 8.72. The van der Waals surface area contributed by atoms with Crippen molar-refractivity contribution < 1.29 is 4.39 Å². The third-order valence-corrected chi connectivity index (χ3v) is 2.47. The summed E-state index contributed by atoms with van der Waals surface area (Å²) in [5, 5.41) is 0. The van der Waals surface area contributed by atoms with Crippen LogP contribution in [0.15, 0.2) is 18.2 Å². The first-order valence-electron chi connectivity index (χ1n) is 4.20. The van der Waals surface area contributed by atoms with Crippen LogP contribution in [0.5, 0.6) is 0 Å². The summed E-state index contributed by atoms with van der Waals surface area (Å²) in [6, 6.07) is 5.23. The number of halogens is 1. The largest absolute Gasteiger partial charge is 0.327 e. The van der Waals surface area contributed by atoms with Crippen LogP contribution < -0.4 is 5.73 Å². The first-order chi connectivity index (χ1) is 5.68. The van der Waals surface area contributed by atoms with Crippen LogP contribution in [-0.4, -0.2) is 6.04 Å². The van der Waals surface area contributed by atoms with Crippen molar-refractivity contribution in [2.45, 2.75) is 25.3 Å². The Labute approximate surface area is 71.4 Å². The van der Waals surface area contributed by atoms with E-state index < -0.39 is 0 Å². The molecule has 0 spiro atoms. The monoisotopic (exact) mass is 165 g/mol. The quantitative estimate of drug-likeness (QED) is 0.676. The van der Waals surface area contributed by atoms with Gasteiger partial charge in [-0.15, -0.1) is 0 Å². The number of nitrogens with two attached hydrogens (primary N) is 1. The van der Waals surface area contributed by atoms with E-state index in [0.29, 0.717) is 12.0 Å². The minimum atomic E-state index is -0.162. The molecule has 12 heavy (non-hydrogen) atoms. The molecule has 0 amide bonds. The Balaban J connectivity index is 2.33. The smallest absolute Gasteiger partial charge is 0.123 e. The summed E-state index contributed by atoms with van der Waals surface area (Å²) in [5.74, 6) is 0.316. The molecule has 2 rings (SSSR count). The Kier molecular flexibility index (Phi) is 1.65. The number of aryl methyl sites for hydroxylation is 1. The summed E-state index contributed by atoms with van der Waals surface area (Å²) >= 11 is 0. The Morgan fingerprint density at radius 1 is 1.50 bits per heavy atom. The van der Waals surface area contributed by atoms with E-state index in [0.717, 1.165) is 12.0 Å². The molecule has 1 nitrogen and oxygen atoms in total. The molecule has 0 heterocycles. The normalized spacial score (nSPS) is 27.2. The molecule has 0 unspecified atom stereocenters. The van der Waals surface area contributed by atoms with Crippen molar-refractivity contribution in [3.63, 3.8) is 0 Å². The standard InChI is InChI=1S/C10H12FN/c1-6-4-7(11)2-3-8(6)9-5-10(9)12/h2-4,9-10H,5,12H2,1H3/t9-,10-/m1/s1. The van der Waals surface area contributed by atoms with E-state index >= 15 is 0 Å². The fraction of sp³-hybridized carbons (Fsp3) is 0.400. The van der Waals surface area contributed by atoms with E-state index in [1.807, 2.05) is 13.0 Å². The zero-order valence-electron chi connectivity index (χ0n) is 7.05. The molecular formula is C10H12FN. The maximum absolute atomic E-state index is 12.7. The van der Waals surface area contributed by atoms with Crippen molar-refractivity contribution in [3.05, 3.63) is 35.1 Å². The molecule has 2 N–H and O–H groups in total. The third-order valence-electron chi connectivity index (χ3n) is 2.47. The SMILES string of the molecule is Cc1cc(F)ccc1[C@H]1C[C@H]1N. The molecule has 1 aliphatic rings. The average molecular weight is 165 g/mol. The zero-order valence-corrected chi connectivity index (χ0v) is 7.05. The van der Waals surface area contributed by atoms with Crippen LogP contribution in [0.4, 0.5) is 4.39 Å². The highest BCUT2D eigenvalue weighted by Crippen LogP contribution is 2.40. The second kappa shape index (κ2) is 2.56. The summed E-state index contributed by atoms with van der Waals surface area (Å²) in [6.45, 7) is 1.93. The molecule has 0 aromatic heterocycles. The topological polar surface area (TPSA) is 26.0 Å². The van der Waals surface area contributed by atoms with Gasteiger partial charge in [-0.25, -0.2) is 4.39 Å². The van der Waals surface area contributed by atoms with Gasteiger partial charge in [-0.05, 0) is 36.6 Å². The predicted octanol–water partition coefficient (Wildman–Crippen LogP) is 1.95. The minimum absolute atomic E-state index is 0.162. The van der Waals surface area contributed by atoms with Crippen LogP contribution in [-0.2, 0) is 0 Å². The van der Waals surface area contributed by atoms with E-state index in [-0.39, 0.29) is 5.82 Å². The molecule has 0 aliphatic heterocycles. The molecular weight excluding hydrogens is 153 g/mol. The average Bonchev–Trinajstić information content (AvgIpc) is 2.66. The van der Waals surface area contributed by atoms with Crippen molar-refractivity contribution in [2.75, 3.05) is 0 Å². The lowest BCUT2D eigenvalue weighted by Gasteiger charge is -2.03. The van der Waals surface area contributed by atoms with E-state index in [9.17, 15) is 4.39 Å². The van der Waals surface area contributed by atoms with Gasteiger partial charge < -0.3 is 5.73 Å². The molecule has 2 atom stereocenters. The lowest BCUT2D eigenvalue weighted by atomic mass is 10.0. The molecule has 1 fully saturated rings. The summed E-state index contributed by atoms with van der Waals surface area (Å²) in [5.41, 5.74) is 7.94. The second-order valence-corrected chi connectivity index (χ2v) is 3.51. The van der Waals surface area contributed by atoms with Crippen LogP contribution in [0.25, 0.3) is 0 Å². The maximum Gasteiger partial charge on any atom is 0.123 e. The van der Waals surface area contributed by atoms with Gasteiger partial charge in [-0.3, -0.25) is 0 Å². The highest BCUT2D eigenvalue weighted by atomic mass is 19.1. The van der Waals surface area contributed by atoms with Gasteiger partial charge >= 0.3 is 0 Å². The number of hydrogen-bond acceptors (Lipinski definition) is 1. The lowest BCUT2D eigenvalue weighted by molar-refractivity contribution is 0.625. The van der Waals surface area contributed by atoms with Gasteiger partial charge in [-0.1, -0.05) is 6.07 Å². The van der Waals surface area contributed by atoms with Gasteiger partial charge in [-0.2, -0.15) is 0 Å². The van der Waals surface area contributed by atoms with Crippen LogP contribution in [0.1, 0.15) is 23.5 Å². The van der Waals surface area contributed by atoms with E-state index in [4.69, 9.17) is 5.73 Å². The molecule has 2 heteroatoms. The van der Waals surface area contributed by atoms with Crippen LogP contribution in [0.3, 0.4) is 0 Å². The highest BCUT2D eigenvalue weighted by molar-refractivity contribution is 5.35. The maximum atomic E-state index is 12.7. The summed E-state index contributed by atoms with van der Waals surface area (Å²) < 4.78 is 12.7. The van der Waals surface area contributed by atoms with Gasteiger partial charge in [0.25, 0.3) is 0 Å². The Bertz CT molecular complexity index is 309. The number of hydrogen-bond donors (Lipinski definition) is 1. The summed E-state index contributed by atoms with van der Waals surface area (Å²) in [4.78, 5) is 0. The Morgan fingerprint density at radius 2 is 2.17 bits per heavy atom. The van der Waals surface area contributed by atoms with Gasteiger partial charge in [0.1, 0.15) is 5.82 Å². The van der Waals surface area contributed by atoms with E-state index in [2.05, 4.69) is 0 Å². The van der Waals surface area contributed by atoms with E-state index in [1.165, 1.54) is 11.6 Å². The fourth-order valence-electron chi connectivity index (χ4n) is 1.63. The van der Waals surface area contributed by atoms with Gasteiger partial charge in [0.2, 0.25) is 0 Å². The predicted molar refractivity (Wildman–Crippen MR) is 46.5 cm³/mol. The number of rotatable bonds is 1. The van der Waals surface area contributed by atoms with Crippen LogP contribution in [0, 0.1) is 12.7 Å². The van der Waals surface area contributed by atoms with Gasteiger partial charge in [0, 0.05) is 12.0 Å². The summed E-state index contributed by atoms with van der Waals surface area (Å²) in [7, 11) is 0. The van der Waals surface area contributed by atoms with Crippen molar-refractivity contribution in [3.8, 4) is 0 Å². The fourth-order valence-corrected chi connectivity index (χ4v) is 1.63. The Hall–Kier alpha value is -0.890. The minimum Gasteiger partial charge on any atom is -0.327 e. The Morgan fingerprint density at radius 3 is 2.67 bits per heavy atom. The third kappa shape index (κ3) is 1.23. The molecule has 1 aliphatic carbocycles. The first-order valence-corrected chi connectivity index (χ1v) is 4.20. The molecule has 0 saturated heterocycles. The van der Waals surface area contributed by atoms with Gasteiger partial charge in [0.15, 0.2) is 0 Å². The van der Waals surface area contributed by atoms with Crippen molar-refractivity contribution >= 4 is 0 Å². The molecule has 0 radical (unpaired) electrons. The van der Waals surface area contributed by atoms with Crippen LogP contribution in [0.2, 0.25) is 0 Å². The highest BCUT2D eigenvalue weighted by Gasteiger charge is 2.35.